The van der Waals surface area contributed by atoms with Crippen LogP contribution in [0.4, 0.5) is 13.2 Å². The average Bonchev–Trinajstić information content (AvgIpc) is 2.92. The Morgan fingerprint density at radius 1 is 1.29 bits per heavy atom. The molecule has 0 radical (unpaired) electrons. The summed E-state index contributed by atoms with van der Waals surface area (Å²) in [6.07, 6.45) is -3.14. The van der Waals surface area contributed by atoms with E-state index in [9.17, 15) is 18.0 Å². The predicted molar refractivity (Wildman–Crippen MR) is 87.9 cm³/mol. The molecule has 0 amide bonds. The summed E-state index contributed by atoms with van der Waals surface area (Å²) >= 11 is 0. The van der Waals surface area contributed by atoms with Crippen LogP contribution in [-0.2, 0) is 6.54 Å². The molecule has 0 aliphatic carbocycles. The lowest BCUT2D eigenvalue weighted by Gasteiger charge is -2.40. The zero-order chi connectivity index (χ0) is 17.4. The van der Waals surface area contributed by atoms with E-state index in [0.29, 0.717) is 30.5 Å². The van der Waals surface area contributed by atoms with Crippen LogP contribution in [0.1, 0.15) is 38.2 Å². The Kier molecular flexibility index (Phi) is 4.42. The number of aromatic amines is 1. The van der Waals surface area contributed by atoms with Gasteiger partial charge in [-0.25, -0.2) is 0 Å². The van der Waals surface area contributed by atoms with Gasteiger partial charge in [0, 0.05) is 17.6 Å². The van der Waals surface area contributed by atoms with E-state index in [1.165, 1.54) is 4.90 Å². The molecule has 1 aliphatic rings. The number of halogens is 3. The van der Waals surface area contributed by atoms with Crippen LogP contribution >= 0.6 is 0 Å². The van der Waals surface area contributed by atoms with Crippen molar-refractivity contribution in [1.82, 2.24) is 9.88 Å². The number of benzene rings is 1. The smallest absolute Gasteiger partial charge is 0.322 e. The van der Waals surface area contributed by atoms with E-state index in [1.807, 2.05) is 18.2 Å². The fourth-order valence-electron chi connectivity index (χ4n) is 3.84. The molecular weight excluding hydrogens is 317 g/mol. The third-order valence-electron chi connectivity index (χ3n) is 5.01. The molecule has 1 aromatic heterocycles. The van der Waals surface area contributed by atoms with Crippen LogP contribution in [0.3, 0.4) is 0 Å². The molecule has 3 rings (SSSR count). The van der Waals surface area contributed by atoms with Gasteiger partial charge in [0.25, 0.3) is 5.56 Å². The van der Waals surface area contributed by atoms with Crippen LogP contribution < -0.4 is 5.56 Å². The Morgan fingerprint density at radius 3 is 2.75 bits per heavy atom. The van der Waals surface area contributed by atoms with E-state index in [0.717, 1.165) is 5.39 Å². The second kappa shape index (κ2) is 6.24. The van der Waals surface area contributed by atoms with Crippen LogP contribution in [-0.4, -0.2) is 28.1 Å². The summed E-state index contributed by atoms with van der Waals surface area (Å²) in [5.74, 6) is 0. The number of hydrogen-bond acceptors (Lipinski definition) is 2. The first-order valence-electron chi connectivity index (χ1n) is 8.30. The van der Waals surface area contributed by atoms with Gasteiger partial charge < -0.3 is 4.98 Å². The number of aromatic nitrogens is 1. The van der Waals surface area contributed by atoms with Gasteiger partial charge in [0.15, 0.2) is 0 Å². The van der Waals surface area contributed by atoms with Crippen molar-refractivity contribution >= 4 is 10.9 Å². The summed E-state index contributed by atoms with van der Waals surface area (Å²) in [7, 11) is 0. The standard InChI is InChI=1S/C18H21F3N2O/c1-2-8-17(18(19,20)21)9-5-10-23(17)12-14-11-13-6-3-4-7-15(13)22-16(14)24/h3-4,6-7,11H,2,5,8-10,12H2,1H3,(H,22,24)/t17-/m0/s1. The lowest BCUT2D eigenvalue weighted by atomic mass is 9.89. The molecule has 0 bridgehead atoms. The van der Waals surface area contributed by atoms with E-state index in [2.05, 4.69) is 4.98 Å². The van der Waals surface area contributed by atoms with Crippen molar-refractivity contribution in [3.8, 4) is 0 Å². The minimum absolute atomic E-state index is 0.0275. The maximum Gasteiger partial charge on any atom is 0.406 e. The quantitative estimate of drug-likeness (QED) is 0.906. The molecule has 1 saturated heterocycles. The first-order valence-corrected chi connectivity index (χ1v) is 8.30. The summed E-state index contributed by atoms with van der Waals surface area (Å²) in [5, 5.41) is 0.833. The molecule has 1 fully saturated rings. The lowest BCUT2D eigenvalue weighted by Crippen LogP contribution is -2.55. The minimum atomic E-state index is -4.29. The number of likely N-dealkylation sites (tertiary alicyclic amines) is 1. The molecule has 1 aromatic carbocycles. The Balaban J connectivity index is 1.97. The van der Waals surface area contributed by atoms with Crippen molar-refractivity contribution < 1.29 is 13.2 Å². The molecule has 24 heavy (non-hydrogen) atoms. The maximum absolute atomic E-state index is 13.8. The Labute approximate surface area is 138 Å². The first kappa shape index (κ1) is 17.0. The third kappa shape index (κ3) is 2.83. The molecule has 6 heteroatoms. The number of fused-ring (bicyclic) bond motifs is 1. The van der Waals surface area contributed by atoms with Crippen LogP contribution in [0.5, 0.6) is 0 Å². The lowest BCUT2D eigenvalue weighted by molar-refractivity contribution is -0.227. The maximum atomic E-state index is 13.8. The molecule has 130 valence electrons. The highest BCUT2D eigenvalue weighted by Gasteiger charge is 2.59. The number of para-hydroxylation sites is 1. The topological polar surface area (TPSA) is 36.1 Å². The summed E-state index contributed by atoms with van der Waals surface area (Å²) in [4.78, 5) is 16.5. The Hall–Kier alpha value is -1.82. The van der Waals surface area contributed by atoms with Crippen LogP contribution in [0.2, 0.25) is 0 Å². The average molecular weight is 338 g/mol. The second-order valence-corrected chi connectivity index (χ2v) is 6.52. The number of nitrogens with one attached hydrogen (secondary N) is 1. The molecule has 2 aromatic rings. The van der Waals surface area contributed by atoms with Crippen LogP contribution in [0.15, 0.2) is 35.1 Å². The van der Waals surface area contributed by atoms with Gasteiger partial charge >= 0.3 is 6.18 Å². The summed E-state index contributed by atoms with van der Waals surface area (Å²) in [6.45, 7) is 2.16. The van der Waals surface area contributed by atoms with Crippen molar-refractivity contribution in [2.24, 2.45) is 0 Å². The van der Waals surface area contributed by atoms with Gasteiger partial charge in [-0.3, -0.25) is 9.69 Å². The molecule has 1 atom stereocenters. The van der Waals surface area contributed by atoms with Crippen molar-refractivity contribution in [3.05, 3.63) is 46.2 Å². The SMILES string of the molecule is CCC[C@@]1(C(F)(F)F)CCCN1Cc1cc2ccccc2[nH]c1=O. The summed E-state index contributed by atoms with van der Waals surface area (Å²) < 4.78 is 41.3. The molecule has 1 N–H and O–H groups in total. The minimum Gasteiger partial charge on any atom is -0.322 e. The van der Waals surface area contributed by atoms with E-state index in [-0.39, 0.29) is 24.9 Å². The fraction of sp³-hybridized carbons (Fsp3) is 0.500. The second-order valence-electron chi connectivity index (χ2n) is 6.52. The summed E-state index contributed by atoms with van der Waals surface area (Å²) in [5.41, 5.74) is -1.03. The third-order valence-corrected chi connectivity index (χ3v) is 5.01. The Morgan fingerprint density at radius 2 is 2.04 bits per heavy atom. The number of H-pyrrole nitrogens is 1. The monoisotopic (exact) mass is 338 g/mol. The van der Waals surface area contributed by atoms with Gasteiger partial charge in [-0.1, -0.05) is 31.5 Å². The number of alkyl halides is 3. The van der Waals surface area contributed by atoms with Crippen molar-refractivity contribution in [2.45, 2.75) is 50.9 Å². The van der Waals surface area contributed by atoms with Gasteiger partial charge in [-0.2, -0.15) is 13.2 Å². The van der Waals surface area contributed by atoms with Crippen molar-refractivity contribution in [2.75, 3.05) is 6.54 Å². The largest absolute Gasteiger partial charge is 0.406 e. The number of rotatable bonds is 4. The first-order chi connectivity index (χ1) is 11.4. The van der Waals surface area contributed by atoms with Gasteiger partial charge in [0.1, 0.15) is 5.54 Å². The highest BCUT2D eigenvalue weighted by atomic mass is 19.4. The molecular formula is C18H21F3N2O. The summed E-state index contributed by atoms with van der Waals surface area (Å²) in [6, 6.07) is 9.00. The van der Waals surface area contributed by atoms with E-state index >= 15 is 0 Å². The highest BCUT2D eigenvalue weighted by Crippen LogP contribution is 2.46. The van der Waals surface area contributed by atoms with E-state index < -0.39 is 11.7 Å². The van der Waals surface area contributed by atoms with Crippen molar-refractivity contribution in [1.29, 1.82) is 0 Å². The highest BCUT2D eigenvalue weighted by molar-refractivity contribution is 5.78. The number of pyridine rings is 1. The van der Waals surface area contributed by atoms with E-state index in [1.54, 1.807) is 19.1 Å². The molecule has 1 aliphatic heterocycles. The molecule has 3 nitrogen and oxygen atoms in total. The van der Waals surface area contributed by atoms with Crippen molar-refractivity contribution in [3.63, 3.8) is 0 Å². The van der Waals surface area contributed by atoms with Gasteiger partial charge in [0.2, 0.25) is 0 Å². The zero-order valence-corrected chi connectivity index (χ0v) is 13.6. The zero-order valence-electron chi connectivity index (χ0n) is 13.6. The van der Waals surface area contributed by atoms with E-state index in [4.69, 9.17) is 0 Å². The normalized spacial score (nSPS) is 22.3. The molecule has 0 unspecified atom stereocenters. The van der Waals surface area contributed by atoms with Gasteiger partial charge in [-0.15, -0.1) is 0 Å². The van der Waals surface area contributed by atoms with Crippen LogP contribution in [0.25, 0.3) is 10.9 Å². The molecule has 2 heterocycles. The number of hydrogen-bond donors (Lipinski definition) is 1. The predicted octanol–water partition coefficient (Wildman–Crippen LogP) is 4.23. The van der Waals surface area contributed by atoms with Gasteiger partial charge in [0.05, 0.1) is 0 Å². The number of nitrogens with zero attached hydrogens (tertiary/aromatic N) is 1. The van der Waals surface area contributed by atoms with Gasteiger partial charge in [-0.05, 0) is 43.3 Å². The molecule has 0 spiro atoms. The Bertz CT molecular complexity index is 784. The van der Waals surface area contributed by atoms with Crippen LogP contribution in [0, 0.1) is 0 Å². The molecule has 0 saturated carbocycles. The fourth-order valence-corrected chi connectivity index (χ4v) is 3.84.